The molecule has 2 aromatic carbocycles. The quantitative estimate of drug-likeness (QED) is 0.455. The van der Waals surface area contributed by atoms with E-state index in [1.54, 1.807) is 30.3 Å². The van der Waals surface area contributed by atoms with E-state index in [1.807, 2.05) is 13.0 Å². The number of hydrogen-bond acceptors (Lipinski definition) is 4. The van der Waals surface area contributed by atoms with Crippen molar-refractivity contribution in [3.05, 3.63) is 64.9 Å². The zero-order valence-corrected chi connectivity index (χ0v) is 21.1. The highest BCUT2D eigenvalue weighted by Crippen LogP contribution is 2.44. The molecule has 0 aromatic heterocycles. The third kappa shape index (κ3) is 4.94. The van der Waals surface area contributed by atoms with Gasteiger partial charge in [-0.25, -0.2) is 9.69 Å². The summed E-state index contributed by atoms with van der Waals surface area (Å²) in [6, 6.07) is 12.7. The lowest BCUT2D eigenvalue weighted by molar-refractivity contribution is -0.127. The van der Waals surface area contributed by atoms with Crippen molar-refractivity contribution >= 4 is 35.3 Å². The first-order chi connectivity index (χ1) is 16.6. The van der Waals surface area contributed by atoms with Crippen LogP contribution in [0.25, 0.3) is 6.08 Å². The van der Waals surface area contributed by atoms with Crippen LogP contribution in [0.15, 0.2) is 48.2 Å². The largest absolute Gasteiger partial charge is 0.366 e. The van der Waals surface area contributed by atoms with Crippen molar-refractivity contribution < 1.29 is 14.4 Å². The van der Waals surface area contributed by atoms with Gasteiger partial charge in [0.2, 0.25) is 5.91 Å². The number of imide groups is 1. The van der Waals surface area contributed by atoms with Gasteiger partial charge in [-0.05, 0) is 86.6 Å². The first-order valence-corrected chi connectivity index (χ1v) is 12.2. The van der Waals surface area contributed by atoms with Gasteiger partial charge in [-0.1, -0.05) is 32.0 Å². The predicted octanol–water partition coefficient (Wildman–Crippen LogP) is 5.03. The molecular weight excluding hydrogens is 440 g/mol. The molecule has 2 aromatic rings. The zero-order chi connectivity index (χ0) is 25.3. The summed E-state index contributed by atoms with van der Waals surface area (Å²) in [6.45, 7) is 11.7. The molecule has 0 aliphatic carbocycles. The zero-order valence-electron chi connectivity index (χ0n) is 21.1. The van der Waals surface area contributed by atoms with Crippen LogP contribution < -0.4 is 15.5 Å². The van der Waals surface area contributed by atoms with E-state index >= 15 is 0 Å². The van der Waals surface area contributed by atoms with Gasteiger partial charge in [-0.15, -0.1) is 0 Å². The van der Waals surface area contributed by atoms with E-state index < -0.39 is 17.8 Å². The Labute approximate surface area is 207 Å². The molecule has 4 rings (SSSR count). The molecule has 7 heteroatoms. The first kappa shape index (κ1) is 24.5. The van der Waals surface area contributed by atoms with E-state index in [4.69, 9.17) is 0 Å². The van der Waals surface area contributed by atoms with E-state index in [2.05, 4.69) is 55.4 Å². The standard InChI is InChI=1S/C28H34N4O3/c1-6-12-32-24-13-18(2)20(14-22(24)19(3)16-28(32,4)5)15-23-26(34)31(27(35)30-23)17-25(33)29-21-10-8-7-9-11-21/h7-11,13-15,19H,6,12,16-17H2,1-5H3,(H,29,33)(H,30,35)/b23-15+. The summed E-state index contributed by atoms with van der Waals surface area (Å²) in [7, 11) is 0. The van der Waals surface area contributed by atoms with Crippen molar-refractivity contribution in [2.75, 3.05) is 23.3 Å². The fourth-order valence-corrected chi connectivity index (χ4v) is 5.19. The average molecular weight is 475 g/mol. The van der Waals surface area contributed by atoms with Gasteiger partial charge in [-0.2, -0.15) is 0 Å². The average Bonchev–Trinajstić information content (AvgIpc) is 3.05. The van der Waals surface area contributed by atoms with Crippen molar-refractivity contribution in [2.24, 2.45) is 0 Å². The minimum Gasteiger partial charge on any atom is -0.366 e. The molecule has 2 heterocycles. The van der Waals surface area contributed by atoms with Crippen LogP contribution in [0, 0.1) is 6.92 Å². The summed E-state index contributed by atoms with van der Waals surface area (Å²) in [5, 5.41) is 5.35. The molecule has 0 saturated carbocycles. The summed E-state index contributed by atoms with van der Waals surface area (Å²) in [6.07, 6.45) is 3.83. The molecule has 2 N–H and O–H groups in total. The number of rotatable bonds is 6. The number of aryl methyl sites for hydroxylation is 1. The first-order valence-electron chi connectivity index (χ1n) is 12.2. The highest BCUT2D eigenvalue weighted by atomic mass is 16.2. The van der Waals surface area contributed by atoms with Crippen LogP contribution in [0.3, 0.4) is 0 Å². The molecule has 0 spiro atoms. The second-order valence-corrected chi connectivity index (χ2v) is 10.1. The molecule has 2 aliphatic heterocycles. The Bertz CT molecular complexity index is 1190. The van der Waals surface area contributed by atoms with Gasteiger partial charge < -0.3 is 15.5 Å². The number of nitrogens with zero attached hydrogens (tertiary/aromatic N) is 2. The Morgan fingerprint density at radius 2 is 1.91 bits per heavy atom. The molecule has 4 amide bonds. The Morgan fingerprint density at radius 3 is 2.60 bits per heavy atom. The minimum atomic E-state index is -0.593. The second-order valence-electron chi connectivity index (χ2n) is 10.1. The number of carbonyl (C=O) groups excluding carboxylic acids is 3. The van der Waals surface area contributed by atoms with Crippen LogP contribution in [-0.4, -0.2) is 41.4 Å². The number of benzene rings is 2. The van der Waals surface area contributed by atoms with Crippen LogP contribution in [0.1, 0.15) is 63.1 Å². The van der Waals surface area contributed by atoms with Crippen molar-refractivity contribution in [3.8, 4) is 0 Å². The van der Waals surface area contributed by atoms with Gasteiger partial charge in [0.05, 0.1) is 0 Å². The summed E-state index contributed by atoms with van der Waals surface area (Å²) in [4.78, 5) is 41.3. The lowest BCUT2D eigenvalue weighted by Gasteiger charge is -2.48. The number of para-hydroxylation sites is 1. The van der Waals surface area contributed by atoms with Crippen molar-refractivity contribution in [1.82, 2.24) is 10.2 Å². The maximum atomic E-state index is 13.0. The normalized spacial score (nSPS) is 20.1. The van der Waals surface area contributed by atoms with E-state index in [-0.39, 0.29) is 17.8 Å². The molecule has 2 aliphatic rings. The van der Waals surface area contributed by atoms with Gasteiger partial charge in [0.1, 0.15) is 12.2 Å². The molecule has 35 heavy (non-hydrogen) atoms. The highest BCUT2D eigenvalue weighted by Gasteiger charge is 2.37. The molecule has 1 fully saturated rings. The summed E-state index contributed by atoms with van der Waals surface area (Å²) in [5.74, 6) is -0.562. The Hall–Kier alpha value is -3.61. The number of anilines is 2. The van der Waals surface area contributed by atoms with Gasteiger partial charge in [0.15, 0.2) is 0 Å². The van der Waals surface area contributed by atoms with E-state index in [0.29, 0.717) is 11.6 Å². The SMILES string of the molecule is CCCN1c2cc(C)c(/C=C3/NC(=O)N(CC(=O)Nc4ccccc4)C3=O)cc2C(C)CC1(C)C. The maximum Gasteiger partial charge on any atom is 0.329 e. The fourth-order valence-electron chi connectivity index (χ4n) is 5.19. The van der Waals surface area contributed by atoms with Crippen LogP contribution in [0.2, 0.25) is 0 Å². The summed E-state index contributed by atoms with van der Waals surface area (Å²) in [5.41, 5.74) is 5.29. The van der Waals surface area contributed by atoms with Crippen molar-refractivity contribution in [2.45, 2.75) is 58.9 Å². The van der Waals surface area contributed by atoms with E-state index in [0.717, 1.165) is 35.4 Å². The van der Waals surface area contributed by atoms with Gasteiger partial charge in [0.25, 0.3) is 5.91 Å². The van der Waals surface area contributed by atoms with Crippen LogP contribution in [0.5, 0.6) is 0 Å². The van der Waals surface area contributed by atoms with Gasteiger partial charge in [-0.3, -0.25) is 9.59 Å². The summed E-state index contributed by atoms with van der Waals surface area (Å²) >= 11 is 0. The van der Waals surface area contributed by atoms with Gasteiger partial charge in [0, 0.05) is 23.5 Å². The molecule has 1 saturated heterocycles. The Balaban J connectivity index is 1.57. The number of urea groups is 1. The number of nitrogens with one attached hydrogen (secondary N) is 2. The molecule has 7 nitrogen and oxygen atoms in total. The molecule has 0 bridgehead atoms. The number of carbonyl (C=O) groups is 3. The predicted molar refractivity (Wildman–Crippen MR) is 139 cm³/mol. The number of hydrogen-bond donors (Lipinski definition) is 2. The fraction of sp³-hybridized carbons (Fsp3) is 0.393. The third-order valence-electron chi connectivity index (χ3n) is 6.84. The molecular formula is C28H34N4O3. The lowest BCUT2D eigenvalue weighted by Crippen LogP contribution is -2.48. The van der Waals surface area contributed by atoms with Crippen molar-refractivity contribution in [1.29, 1.82) is 0 Å². The Kier molecular flexibility index (Phi) is 6.70. The Morgan fingerprint density at radius 1 is 1.20 bits per heavy atom. The van der Waals surface area contributed by atoms with Gasteiger partial charge >= 0.3 is 6.03 Å². The lowest BCUT2D eigenvalue weighted by atomic mass is 9.79. The van der Waals surface area contributed by atoms with E-state index in [9.17, 15) is 14.4 Å². The maximum absolute atomic E-state index is 13.0. The van der Waals surface area contributed by atoms with Crippen molar-refractivity contribution in [3.63, 3.8) is 0 Å². The van der Waals surface area contributed by atoms with E-state index in [1.165, 1.54) is 11.3 Å². The second kappa shape index (κ2) is 9.56. The topological polar surface area (TPSA) is 81.8 Å². The summed E-state index contributed by atoms with van der Waals surface area (Å²) < 4.78 is 0. The van der Waals surface area contributed by atoms with Crippen LogP contribution >= 0.6 is 0 Å². The molecule has 184 valence electrons. The van der Waals surface area contributed by atoms with Crippen LogP contribution in [-0.2, 0) is 9.59 Å². The smallest absolute Gasteiger partial charge is 0.329 e. The number of fused-ring (bicyclic) bond motifs is 1. The third-order valence-corrected chi connectivity index (χ3v) is 6.84. The van der Waals surface area contributed by atoms with Crippen LogP contribution in [0.4, 0.5) is 16.2 Å². The molecule has 1 atom stereocenters. The number of amides is 4. The molecule has 0 radical (unpaired) electrons. The minimum absolute atomic E-state index is 0.0745. The molecule has 1 unspecified atom stereocenters. The monoisotopic (exact) mass is 474 g/mol. The highest BCUT2D eigenvalue weighted by molar-refractivity contribution is 6.16.